The Morgan fingerprint density at radius 1 is 1.27 bits per heavy atom. The lowest BCUT2D eigenvalue weighted by Gasteiger charge is -1.84. The van der Waals surface area contributed by atoms with Crippen molar-refractivity contribution in [2.24, 2.45) is 0 Å². The highest BCUT2D eigenvalue weighted by atomic mass is 32.1. The van der Waals surface area contributed by atoms with Gasteiger partial charge in [-0.25, -0.2) is 0 Å². The summed E-state index contributed by atoms with van der Waals surface area (Å²) in [7, 11) is 0. The number of aromatic nitrogens is 2. The van der Waals surface area contributed by atoms with E-state index in [4.69, 9.17) is 21.2 Å². The molecule has 0 aliphatic rings. The van der Waals surface area contributed by atoms with Crippen LogP contribution in [0.15, 0.2) is 39.3 Å². The van der Waals surface area contributed by atoms with Gasteiger partial charge in [-0.3, -0.25) is 0 Å². The molecule has 5 heteroatoms. The highest BCUT2D eigenvalue weighted by molar-refractivity contribution is 7.71. The standard InChI is InChI=1S/C10H6N2O2S/c15-10-11-9(12-14-10)8-5-6-3-1-2-4-7(6)13-8/h1-5H,(H,11,12,15). The molecule has 4 nitrogen and oxygen atoms in total. The number of nitrogens with zero attached hydrogens (tertiary/aromatic N) is 1. The van der Waals surface area contributed by atoms with Crippen LogP contribution in [0.4, 0.5) is 0 Å². The Morgan fingerprint density at radius 3 is 2.87 bits per heavy atom. The van der Waals surface area contributed by atoms with Crippen LogP contribution in [0.3, 0.4) is 0 Å². The van der Waals surface area contributed by atoms with E-state index in [0.717, 1.165) is 11.0 Å². The van der Waals surface area contributed by atoms with E-state index in [9.17, 15) is 0 Å². The minimum absolute atomic E-state index is 0.172. The van der Waals surface area contributed by atoms with Crippen molar-refractivity contribution in [3.63, 3.8) is 0 Å². The maximum absolute atomic E-state index is 5.57. The molecule has 0 fully saturated rings. The molecule has 0 spiro atoms. The molecule has 3 aromatic rings. The maximum atomic E-state index is 5.57. The van der Waals surface area contributed by atoms with Gasteiger partial charge < -0.3 is 8.94 Å². The number of H-pyrrole nitrogens is 1. The van der Waals surface area contributed by atoms with Crippen LogP contribution in [0.25, 0.3) is 22.6 Å². The third-order valence-electron chi connectivity index (χ3n) is 2.10. The third-order valence-corrected chi connectivity index (χ3v) is 2.27. The van der Waals surface area contributed by atoms with Crippen LogP contribution in [0.2, 0.25) is 0 Å². The summed E-state index contributed by atoms with van der Waals surface area (Å²) in [4.78, 5) is 4.15. The van der Waals surface area contributed by atoms with E-state index < -0.39 is 0 Å². The minimum atomic E-state index is 0.172. The molecule has 0 atom stereocenters. The van der Waals surface area contributed by atoms with E-state index >= 15 is 0 Å². The molecule has 1 aromatic carbocycles. The van der Waals surface area contributed by atoms with Crippen LogP contribution >= 0.6 is 12.2 Å². The van der Waals surface area contributed by atoms with Gasteiger partial charge in [-0.05, 0) is 24.4 Å². The topological polar surface area (TPSA) is 55.0 Å². The Morgan fingerprint density at radius 2 is 2.13 bits per heavy atom. The number of rotatable bonds is 1. The second-order valence-electron chi connectivity index (χ2n) is 3.08. The molecule has 0 aliphatic carbocycles. The number of aromatic amines is 1. The lowest BCUT2D eigenvalue weighted by atomic mass is 10.2. The average Bonchev–Trinajstić information content (AvgIpc) is 2.82. The van der Waals surface area contributed by atoms with Crippen molar-refractivity contribution < 1.29 is 8.94 Å². The van der Waals surface area contributed by atoms with E-state index in [-0.39, 0.29) is 4.84 Å². The predicted octanol–water partition coefficient (Wildman–Crippen LogP) is 3.15. The number of nitrogens with one attached hydrogen (secondary N) is 1. The molecule has 0 saturated heterocycles. The monoisotopic (exact) mass is 218 g/mol. The molecular formula is C10H6N2O2S. The van der Waals surface area contributed by atoms with Gasteiger partial charge in [0.25, 0.3) is 0 Å². The molecule has 1 N–H and O–H groups in total. The van der Waals surface area contributed by atoms with Crippen molar-refractivity contribution in [2.75, 3.05) is 0 Å². The lowest BCUT2D eigenvalue weighted by Crippen LogP contribution is -1.73. The van der Waals surface area contributed by atoms with Crippen LogP contribution in [0, 0.1) is 4.84 Å². The Labute approximate surface area is 89.5 Å². The fourth-order valence-electron chi connectivity index (χ4n) is 1.43. The Balaban J connectivity index is 2.24. The van der Waals surface area contributed by atoms with Gasteiger partial charge in [-0.15, -0.1) is 0 Å². The maximum Gasteiger partial charge on any atom is 0.314 e. The Bertz CT molecular complexity index is 632. The molecule has 0 aliphatic heterocycles. The third kappa shape index (κ3) is 1.37. The van der Waals surface area contributed by atoms with Gasteiger partial charge in [-0.2, -0.15) is 10.1 Å². The summed E-state index contributed by atoms with van der Waals surface area (Å²) in [5.74, 6) is 1.13. The minimum Gasteiger partial charge on any atom is -0.453 e. The first-order valence-corrected chi connectivity index (χ1v) is 4.78. The largest absolute Gasteiger partial charge is 0.453 e. The predicted molar refractivity (Wildman–Crippen MR) is 56.9 cm³/mol. The normalized spacial score (nSPS) is 10.9. The van der Waals surface area contributed by atoms with Gasteiger partial charge in [0.05, 0.1) is 0 Å². The van der Waals surface area contributed by atoms with Crippen molar-refractivity contribution in [1.82, 2.24) is 10.1 Å². The summed E-state index contributed by atoms with van der Waals surface area (Å²) < 4.78 is 10.4. The quantitative estimate of drug-likeness (QED) is 0.637. The molecule has 2 heterocycles. The van der Waals surface area contributed by atoms with Crippen LogP contribution in [-0.2, 0) is 0 Å². The van der Waals surface area contributed by atoms with Crippen LogP contribution < -0.4 is 0 Å². The fraction of sp³-hybridized carbons (Fsp3) is 0. The van der Waals surface area contributed by atoms with E-state index in [2.05, 4.69) is 10.1 Å². The zero-order chi connectivity index (χ0) is 10.3. The SMILES string of the molecule is S=c1nc(-c2cc3ccccc3o2)[nH]o1. The highest BCUT2D eigenvalue weighted by Gasteiger charge is 2.08. The van der Waals surface area contributed by atoms with Gasteiger partial charge in [0.15, 0.2) is 5.76 Å². The van der Waals surface area contributed by atoms with Crippen molar-refractivity contribution in [2.45, 2.75) is 0 Å². The molecule has 0 unspecified atom stereocenters. The number of para-hydroxylation sites is 1. The summed E-state index contributed by atoms with van der Waals surface area (Å²) in [5.41, 5.74) is 0.815. The first-order chi connectivity index (χ1) is 7.33. The smallest absolute Gasteiger partial charge is 0.314 e. The van der Waals surface area contributed by atoms with E-state index in [0.29, 0.717) is 11.6 Å². The highest BCUT2D eigenvalue weighted by Crippen LogP contribution is 2.24. The molecule has 0 saturated carbocycles. The van der Waals surface area contributed by atoms with Crippen LogP contribution in [-0.4, -0.2) is 10.1 Å². The molecule has 74 valence electrons. The molecule has 3 rings (SSSR count). The summed E-state index contributed by atoms with van der Waals surface area (Å²) in [6, 6.07) is 9.62. The molecule has 0 radical (unpaired) electrons. The molecule has 0 amide bonds. The Hall–Kier alpha value is -1.88. The zero-order valence-electron chi connectivity index (χ0n) is 7.56. The van der Waals surface area contributed by atoms with Gasteiger partial charge in [-0.1, -0.05) is 18.2 Å². The molecule has 0 bridgehead atoms. The van der Waals surface area contributed by atoms with E-state index in [1.165, 1.54) is 0 Å². The Kier molecular flexibility index (Phi) is 1.72. The second kappa shape index (κ2) is 3.06. The fourth-order valence-corrected chi connectivity index (χ4v) is 1.57. The van der Waals surface area contributed by atoms with E-state index in [1.807, 2.05) is 30.3 Å². The number of fused-ring (bicyclic) bond motifs is 1. The van der Waals surface area contributed by atoms with Crippen molar-refractivity contribution in [3.8, 4) is 11.6 Å². The summed E-state index contributed by atoms with van der Waals surface area (Å²) in [6.45, 7) is 0. The lowest BCUT2D eigenvalue weighted by molar-refractivity contribution is 0.404. The van der Waals surface area contributed by atoms with Crippen molar-refractivity contribution in [1.29, 1.82) is 0 Å². The average molecular weight is 218 g/mol. The number of hydrogen-bond donors (Lipinski definition) is 1. The van der Waals surface area contributed by atoms with E-state index in [1.54, 1.807) is 0 Å². The zero-order valence-corrected chi connectivity index (χ0v) is 8.38. The van der Waals surface area contributed by atoms with Crippen LogP contribution in [0.5, 0.6) is 0 Å². The van der Waals surface area contributed by atoms with Gasteiger partial charge >= 0.3 is 4.84 Å². The van der Waals surface area contributed by atoms with Gasteiger partial charge in [0.2, 0.25) is 5.82 Å². The van der Waals surface area contributed by atoms with Gasteiger partial charge in [0, 0.05) is 5.39 Å². The number of hydrogen-bond acceptors (Lipinski definition) is 4. The van der Waals surface area contributed by atoms with Crippen LogP contribution in [0.1, 0.15) is 0 Å². The number of furan rings is 1. The van der Waals surface area contributed by atoms with Gasteiger partial charge in [0.1, 0.15) is 5.58 Å². The first kappa shape index (κ1) is 8.43. The molecular weight excluding hydrogens is 212 g/mol. The summed E-state index contributed by atoms with van der Waals surface area (Å²) >= 11 is 4.76. The van der Waals surface area contributed by atoms with Crippen molar-refractivity contribution >= 4 is 23.2 Å². The van der Waals surface area contributed by atoms with Crippen molar-refractivity contribution in [3.05, 3.63) is 35.2 Å². The first-order valence-electron chi connectivity index (χ1n) is 4.37. The second-order valence-corrected chi connectivity index (χ2v) is 3.43. The molecule has 15 heavy (non-hydrogen) atoms. The molecule has 2 aromatic heterocycles. The summed E-state index contributed by atoms with van der Waals surface area (Å²) in [5, 5.41) is 3.62. The summed E-state index contributed by atoms with van der Waals surface area (Å²) in [6.07, 6.45) is 0. The number of benzene rings is 1.